The molecule has 0 atom stereocenters. The highest BCUT2D eigenvalue weighted by Crippen LogP contribution is 2.18. The first-order valence-electron chi connectivity index (χ1n) is 6.89. The van der Waals surface area contributed by atoms with Crippen molar-refractivity contribution in [2.45, 2.75) is 6.42 Å². The molecule has 0 saturated carbocycles. The highest BCUT2D eigenvalue weighted by molar-refractivity contribution is 7.09. The Balaban J connectivity index is 2.17. The van der Waals surface area contributed by atoms with E-state index >= 15 is 0 Å². The molecule has 122 valence electrons. The SMILES string of the molecule is CN(C)C(=O)c1cc(NC(=O)c2csc(CCN)n2)ccc1F. The molecule has 1 aromatic heterocycles. The van der Waals surface area contributed by atoms with Crippen LogP contribution in [0.1, 0.15) is 25.9 Å². The van der Waals surface area contributed by atoms with Crippen molar-refractivity contribution >= 4 is 28.8 Å². The van der Waals surface area contributed by atoms with Gasteiger partial charge in [-0.3, -0.25) is 9.59 Å². The van der Waals surface area contributed by atoms with E-state index in [1.54, 1.807) is 5.38 Å². The Morgan fingerprint density at radius 2 is 2.13 bits per heavy atom. The Labute approximate surface area is 137 Å². The molecule has 6 nitrogen and oxygen atoms in total. The van der Waals surface area contributed by atoms with Crippen molar-refractivity contribution in [2.24, 2.45) is 5.73 Å². The van der Waals surface area contributed by atoms with Crippen molar-refractivity contribution in [1.29, 1.82) is 0 Å². The number of hydrogen-bond donors (Lipinski definition) is 2. The first-order valence-corrected chi connectivity index (χ1v) is 7.77. The first kappa shape index (κ1) is 17.0. The molecule has 0 radical (unpaired) electrons. The van der Waals surface area contributed by atoms with Gasteiger partial charge < -0.3 is 16.0 Å². The van der Waals surface area contributed by atoms with Gasteiger partial charge in [0.15, 0.2) is 0 Å². The van der Waals surface area contributed by atoms with Crippen LogP contribution < -0.4 is 11.1 Å². The number of carbonyl (C=O) groups is 2. The van der Waals surface area contributed by atoms with Crippen molar-refractivity contribution in [3.8, 4) is 0 Å². The highest BCUT2D eigenvalue weighted by Gasteiger charge is 2.16. The number of nitrogens with one attached hydrogen (secondary N) is 1. The minimum absolute atomic E-state index is 0.102. The molecule has 1 heterocycles. The number of benzene rings is 1. The topological polar surface area (TPSA) is 88.3 Å². The number of rotatable bonds is 5. The van der Waals surface area contributed by atoms with Crippen LogP contribution in [0, 0.1) is 5.82 Å². The fourth-order valence-electron chi connectivity index (χ4n) is 1.86. The zero-order valence-corrected chi connectivity index (χ0v) is 13.6. The van der Waals surface area contributed by atoms with Gasteiger partial charge in [-0.2, -0.15) is 0 Å². The summed E-state index contributed by atoms with van der Waals surface area (Å²) in [7, 11) is 3.06. The maximum absolute atomic E-state index is 13.7. The summed E-state index contributed by atoms with van der Waals surface area (Å²) in [6, 6.07) is 3.85. The lowest BCUT2D eigenvalue weighted by Gasteiger charge is -2.12. The van der Waals surface area contributed by atoms with E-state index in [0.717, 1.165) is 11.1 Å². The molecule has 0 aliphatic rings. The third-order valence-electron chi connectivity index (χ3n) is 3.00. The zero-order chi connectivity index (χ0) is 17.0. The summed E-state index contributed by atoms with van der Waals surface area (Å²) in [5.74, 6) is -1.53. The van der Waals surface area contributed by atoms with Crippen LogP contribution in [0.3, 0.4) is 0 Å². The molecule has 0 saturated heterocycles. The van der Waals surface area contributed by atoms with E-state index < -0.39 is 17.6 Å². The van der Waals surface area contributed by atoms with E-state index in [1.165, 1.54) is 42.5 Å². The second kappa shape index (κ2) is 7.30. The third-order valence-corrected chi connectivity index (χ3v) is 3.91. The van der Waals surface area contributed by atoms with Crippen LogP contribution in [-0.2, 0) is 6.42 Å². The summed E-state index contributed by atoms with van der Waals surface area (Å²) in [6.45, 7) is 0.461. The van der Waals surface area contributed by atoms with Crippen LogP contribution >= 0.6 is 11.3 Å². The molecule has 2 aromatic rings. The van der Waals surface area contributed by atoms with E-state index in [0.29, 0.717) is 18.7 Å². The van der Waals surface area contributed by atoms with Gasteiger partial charge in [-0.1, -0.05) is 0 Å². The van der Waals surface area contributed by atoms with Crippen molar-refractivity contribution < 1.29 is 14.0 Å². The van der Waals surface area contributed by atoms with Crippen LogP contribution in [0.5, 0.6) is 0 Å². The summed E-state index contributed by atoms with van der Waals surface area (Å²) in [4.78, 5) is 29.5. The van der Waals surface area contributed by atoms with Gasteiger partial charge >= 0.3 is 0 Å². The predicted octanol–water partition coefficient (Wildman–Crippen LogP) is 1.74. The van der Waals surface area contributed by atoms with E-state index in [4.69, 9.17) is 5.73 Å². The van der Waals surface area contributed by atoms with Gasteiger partial charge in [-0.05, 0) is 24.7 Å². The van der Waals surface area contributed by atoms with E-state index in [1.807, 2.05) is 0 Å². The van der Waals surface area contributed by atoms with Crippen molar-refractivity contribution in [2.75, 3.05) is 26.0 Å². The lowest BCUT2D eigenvalue weighted by atomic mass is 10.1. The van der Waals surface area contributed by atoms with Crippen LogP contribution in [0.2, 0.25) is 0 Å². The van der Waals surface area contributed by atoms with Crippen LogP contribution in [-0.4, -0.2) is 42.3 Å². The molecule has 0 unspecified atom stereocenters. The Kier molecular flexibility index (Phi) is 5.41. The number of carbonyl (C=O) groups excluding carboxylic acids is 2. The summed E-state index contributed by atoms with van der Waals surface area (Å²) < 4.78 is 13.7. The Morgan fingerprint density at radius 3 is 2.78 bits per heavy atom. The molecule has 1 aromatic carbocycles. The van der Waals surface area contributed by atoms with Crippen LogP contribution in [0.4, 0.5) is 10.1 Å². The van der Waals surface area contributed by atoms with Gasteiger partial charge in [0, 0.05) is 31.6 Å². The number of anilines is 1. The minimum atomic E-state index is -0.638. The first-order chi connectivity index (χ1) is 10.9. The monoisotopic (exact) mass is 336 g/mol. The number of thiazole rings is 1. The molecule has 2 amide bonds. The quantitative estimate of drug-likeness (QED) is 0.870. The fourth-order valence-corrected chi connectivity index (χ4v) is 2.65. The molecule has 0 aliphatic carbocycles. The summed E-state index contributed by atoms with van der Waals surface area (Å²) in [5, 5.41) is 5.02. The second-order valence-electron chi connectivity index (χ2n) is 5.01. The molecule has 0 spiro atoms. The minimum Gasteiger partial charge on any atom is -0.345 e. The molecule has 3 N–H and O–H groups in total. The van der Waals surface area contributed by atoms with Gasteiger partial charge in [0.2, 0.25) is 0 Å². The lowest BCUT2D eigenvalue weighted by molar-refractivity contribution is 0.0822. The maximum Gasteiger partial charge on any atom is 0.275 e. The van der Waals surface area contributed by atoms with Crippen molar-refractivity contribution in [3.05, 3.63) is 45.7 Å². The fraction of sp³-hybridized carbons (Fsp3) is 0.267. The van der Waals surface area contributed by atoms with Crippen molar-refractivity contribution in [3.63, 3.8) is 0 Å². The second-order valence-corrected chi connectivity index (χ2v) is 5.96. The molecule has 8 heteroatoms. The predicted molar refractivity (Wildman–Crippen MR) is 87.2 cm³/mol. The maximum atomic E-state index is 13.7. The number of hydrogen-bond acceptors (Lipinski definition) is 5. The number of halogens is 1. The Hall–Kier alpha value is -2.32. The van der Waals surface area contributed by atoms with E-state index in [9.17, 15) is 14.0 Å². The van der Waals surface area contributed by atoms with Crippen LogP contribution in [0.25, 0.3) is 0 Å². The van der Waals surface area contributed by atoms with Gasteiger partial charge in [-0.25, -0.2) is 9.37 Å². The molecule has 0 aliphatic heterocycles. The zero-order valence-electron chi connectivity index (χ0n) is 12.8. The molecule has 2 rings (SSSR count). The number of aromatic nitrogens is 1. The number of nitrogens with zero attached hydrogens (tertiary/aromatic N) is 2. The summed E-state index contributed by atoms with van der Waals surface area (Å²) in [5.41, 5.74) is 5.94. The smallest absolute Gasteiger partial charge is 0.275 e. The molecular formula is C15H17FN4O2S. The van der Waals surface area contributed by atoms with Gasteiger partial charge in [-0.15, -0.1) is 11.3 Å². The Morgan fingerprint density at radius 1 is 1.39 bits per heavy atom. The summed E-state index contributed by atoms with van der Waals surface area (Å²) in [6.07, 6.45) is 0.607. The molecule has 0 fully saturated rings. The van der Waals surface area contributed by atoms with Gasteiger partial charge in [0.25, 0.3) is 11.8 Å². The standard InChI is InChI=1S/C15H17FN4O2S/c1-20(2)15(22)10-7-9(3-4-11(10)16)18-14(21)12-8-23-13(19-12)5-6-17/h3-4,7-8H,5-6,17H2,1-2H3,(H,18,21). The van der Waals surface area contributed by atoms with Crippen LogP contribution in [0.15, 0.2) is 23.6 Å². The van der Waals surface area contributed by atoms with E-state index in [-0.39, 0.29) is 11.3 Å². The molecule has 23 heavy (non-hydrogen) atoms. The largest absolute Gasteiger partial charge is 0.345 e. The third kappa shape index (κ3) is 4.11. The highest BCUT2D eigenvalue weighted by atomic mass is 32.1. The van der Waals surface area contributed by atoms with Gasteiger partial charge in [0.1, 0.15) is 11.5 Å². The normalized spacial score (nSPS) is 10.4. The lowest BCUT2D eigenvalue weighted by Crippen LogP contribution is -2.23. The molecular weight excluding hydrogens is 319 g/mol. The van der Waals surface area contributed by atoms with E-state index in [2.05, 4.69) is 10.3 Å². The van der Waals surface area contributed by atoms with Gasteiger partial charge in [0.05, 0.1) is 10.6 Å². The number of nitrogens with two attached hydrogens (primary N) is 1. The average Bonchev–Trinajstić information content (AvgIpc) is 2.97. The Bertz CT molecular complexity index is 730. The molecule has 0 bridgehead atoms. The summed E-state index contributed by atoms with van der Waals surface area (Å²) >= 11 is 1.35. The average molecular weight is 336 g/mol. The van der Waals surface area contributed by atoms with Crippen molar-refractivity contribution in [1.82, 2.24) is 9.88 Å². The number of amides is 2.